The van der Waals surface area contributed by atoms with Gasteiger partial charge in [-0.05, 0) is 30.2 Å². The summed E-state index contributed by atoms with van der Waals surface area (Å²) in [6.07, 6.45) is 4.23. The van der Waals surface area contributed by atoms with Crippen LogP contribution in [0.4, 0.5) is 0 Å². The summed E-state index contributed by atoms with van der Waals surface area (Å²) in [7, 11) is -3.44. The van der Waals surface area contributed by atoms with Crippen LogP contribution in [0.3, 0.4) is 0 Å². The smallest absolute Gasteiger partial charge is 0.263 e. The van der Waals surface area contributed by atoms with E-state index in [-0.39, 0.29) is 0 Å². The van der Waals surface area contributed by atoms with Crippen molar-refractivity contribution in [1.29, 1.82) is 0 Å². The standard InChI is InChI=1S/C14H13N3O2S/c18-20(19)13-6-2-1-5-12(13)14(17-20)16-9-7-11-4-3-8-15-10-11/h1-6,8,10H,7,9H2,(H,16,17). The molecule has 0 spiro atoms. The van der Waals surface area contributed by atoms with Crippen LogP contribution in [0.15, 0.2) is 58.7 Å². The zero-order chi connectivity index (χ0) is 14.0. The van der Waals surface area contributed by atoms with Gasteiger partial charge in [-0.15, -0.1) is 0 Å². The Labute approximate surface area is 117 Å². The lowest BCUT2D eigenvalue weighted by Crippen LogP contribution is -2.22. The molecular formula is C14H13N3O2S. The SMILES string of the molecule is O=S1(=O)NC(=NCCc2cccnc2)c2ccccc21. The topological polar surface area (TPSA) is 71.4 Å². The highest BCUT2D eigenvalue weighted by Crippen LogP contribution is 2.22. The fourth-order valence-corrected chi connectivity index (χ4v) is 3.35. The molecule has 0 bridgehead atoms. The molecular weight excluding hydrogens is 274 g/mol. The first-order valence-corrected chi connectivity index (χ1v) is 7.71. The highest BCUT2D eigenvalue weighted by molar-refractivity contribution is 7.90. The van der Waals surface area contributed by atoms with Crippen molar-refractivity contribution in [3.63, 3.8) is 0 Å². The number of hydrogen-bond donors (Lipinski definition) is 1. The highest BCUT2D eigenvalue weighted by atomic mass is 32.2. The van der Waals surface area contributed by atoms with E-state index in [0.29, 0.717) is 22.8 Å². The second-order valence-electron chi connectivity index (χ2n) is 4.44. The minimum absolute atomic E-state index is 0.292. The van der Waals surface area contributed by atoms with Gasteiger partial charge < -0.3 is 0 Å². The summed E-state index contributed by atoms with van der Waals surface area (Å²) in [4.78, 5) is 8.68. The Hall–Kier alpha value is -2.21. The van der Waals surface area contributed by atoms with E-state index in [4.69, 9.17) is 0 Å². The average Bonchev–Trinajstić information content (AvgIpc) is 2.72. The van der Waals surface area contributed by atoms with Crippen LogP contribution < -0.4 is 4.72 Å². The third kappa shape index (κ3) is 2.42. The summed E-state index contributed by atoms with van der Waals surface area (Å²) in [6.45, 7) is 0.512. The van der Waals surface area contributed by atoms with Crippen molar-refractivity contribution >= 4 is 15.9 Å². The summed E-state index contributed by atoms with van der Waals surface area (Å²) in [5, 5.41) is 0. The molecule has 0 aliphatic carbocycles. The number of nitrogens with one attached hydrogen (secondary N) is 1. The molecule has 0 fully saturated rings. The fraction of sp³-hybridized carbons (Fsp3) is 0.143. The molecule has 2 heterocycles. The van der Waals surface area contributed by atoms with Gasteiger partial charge in [0.15, 0.2) is 0 Å². The van der Waals surface area contributed by atoms with Crippen LogP contribution in [0.2, 0.25) is 0 Å². The van der Waals surface area contributed by atoms with Crippen LogP contribution in [0.1, 0.15) is 11.1 Å². The third-order valence-electron chi connectivity index (χ3n) is 3.06. The van der Waals surface area contributed by atoms with Gasteiger partial charge in [0.05, 0.1) is 4.90 Å². The van der Waals surface area contributed by atoms with Gasteiger partial charge in [0.25, 0.3) is 10.0 Å². The third-order valence-corrected chi connectivity index (χ3v) is 4.45. The van der Waals surface area contributed by atoms with Crippen molar-refractivity contribution in [3.05, 3.63) is 59.9 Å². The molecule has 1 N–H and O–H groups in total. The predicted octanol–water partition coefficient (Wildman–Crippen LogP) is 1.36. The maximum Gasteiger partial charge on any atom is 0.263 e. The largest absolute Gasteiger partial charge is 0.267 e. The number of aliphatic imine (C=N–C) groups is 1. The maximum absolute atomic E-state index is 11.9. The summed E-state index contributed by atoms with van der Waals surface area (Å²) in [5.41, 5.74) is 1.71. The predicted molar refractivity (Wildman–Crippen MR) is 76.1 cm³/mol. The van der Waals surface area contributed by atoms with Gasteiger partial charge >= 0.3 is 0 Å². The van der Waals surface area contributed by atoms with E-state index in [2.05, 4.69) is 14.7 Å². The lowest BCUT2D eigenvalue weighted by Gasteiger charge is -2.00. The molecule has 1 aromatic carbocycles. The van der Waals surface area contributed by atoms with Gasteiger partial charge in [0.2, 0.25) is 0 Å². The van der Waals surface area contributed by atoms with Crippen LogP contribution >= 0.6 is 0 Å². The van der Waals surface area contributed by atoms with Gasteiger partial charge in [-0.2, -0.15) is 0 Å². The van der Waals surface area contributed by atoms with E-state index in [1.165, 1.54) is 0 Å². The van der Waals surface area contributed by atoms with Gasteiger partial charge in [0.1, 0.15) is 5.84 Å². The Morgan fingerprint density at radius 1 is 1.15 bits per heavy atom. The molecule has 0 saturated carbocycles. The first-order valence-electron chi connectivity index (χ1n) is 6.22. The summed E-state index contributed by atoms with van der Waals surface area (Å²) in [5.74, 6) is 0.421. The van der Waals surface area contributed by atoms with E-state index in [9.17, 15) is 8.42 Å². The number of amidine groups is 1. The second-order valence-corrected chi connectivity index (χ2v) is 6.09. The number of rotatable bonds is 3. The molecule has 0 atom stereocenters. The van der Waals surface area contributed by atoms with Crippen LogP contribution in [0.25, 0.3) is 0 Å². The summed E-state index contributed by atoms with van der Waals surface area (Å²) < 4.78 is 26.3. The molecule has 102 valence electrons. The normalized spacial score (nSPS) is 17.7. The number of nitrogens with zero attached hydrogens (tertiary/aromatic N) is 2. The van der Waals surface area contributed by atoms with Crippen molar-refractivity contribution in [1.82, 2.24) is 9.71 Å². The molecule has 0 saturated heterocycles. The molecule has 0 radical (unpaired) electrons. The number of pyridine rings is 1. The minimum Gasteiger partial charge on any atom is -0.267 e. The minimum atomic E-state index is -3.44. The molecule has 2 aromatic rings. The Morgan fingerprint density at radius 2 is 2.00 bits per heavy atom. The maximum atomic E-state index is 11.9. The van der Waals surface area contributed by atoms with Crippen LogP contribution in [0.5, 0.6) is 0 Å². The molecule has 20 heavy (non-hydrogen) atoms. The van der Waals surface area contributed by atoms with Crippen molar-refractivity contribution in [2.75, 3.05) is 6.54 Å². The number of hydrogen-bond acceptors (Lipinski definition) is 4. The Bertz CT molecular complexity index is 755. The zero-order valence-corrected chi connectivity index (χ0v) is 11.5. The van der Waals surface area contributed by atoms with E-state index < -0.39 is 10.0 Å². The average molecular weight is 287 g/mol. The van der Waals surface area contributed by atoms with Gasteiger partial charge in [-0.3, -0.25) is 14.7 Å². The van der Waals surface area contributed by atoms with Crippen LogP contribution in [0, 0.1) is 0 Å². The molecule has 5 nitrogen and oxygen atoms in total. The van der Waals surface area contributed by atoms with Gasteiger partial charge in [-0.1, -0.05) is 18.2 Å². The first-order chi connectivity index (χ1) is 9.67. The Morgan fingerprint density at radius 3 is 2.80 bits per heavy atom. The van der Waals surface area contributed by atoms with Crippen molar-refractivity contribution in [2.45, 2.75) is 11.3 Å². The number of fused-ring (bicyclic) bond motifs is 1. The van der Waals surface area contributed by atoms with E-state index in [1.807, 2.05) is 12.1 Å². The first kappa shape index (κ1) is 12.8. The van der Waals surface area contributed by atoms with Crippen molar-refractivity contribution < 1.29 is 8.42 Å². The molecule has 6 heteroatoms. The second kappa shape index (κ2) is 5.05. The van der Waals surface area contributed by atoms with Crippen molar-refractivity contribution in [3.8, 4) is 0 Å². The molecule has 1 aliphatic rings. The van der Waals surface area contributed by atoms with Gasteiger partial charge in [0, 0.05) is 24.5 Å². The lowest BCUT2D eigenvalue weighted by atomic mass is 10.2. The van der Waals surface area contributed by atoms with Crippen molar-refractivity contribution in [2.24, 2.45) is 4.99 Å². The Balaban J connectivity index is 1.81. The summed E-state index contributed by atoms with van der Waals surface area (Å²) >= 11 is 0. The molecule has 1 aromatic heterocycles. The van der Waals surface area contributed by atoms with E-state index >= 15 is 0 Å². The highest BCUT2D eigenvalue weighted by Gasteiger charge is 2.29. The Kier molecular flexibility index (Phi) is 3.23. The molecule has 0 unspecified atom stereocenters. The lowest BCUT2D eigenvalue weighted by molar-refractivity contribution is 0.595. The van der Waals surface area contributed by atoms with E-state index in [0.717, 1.165) is 12.0 Å². The number of benzene rings is 1. The van der Waals surface area contributed by atoms with E-state index in [1.54, 1.807) is 36.7 Å². The van der Waals surface area contributed by atoms with Crippen LogP contribution in [-0.2, 0) is 16.4 Å². The van der Waals surface area contributed by atoms with Crippen LogP contribution in [-0.4, -0.2) is 25.8 Å². The number of aromatic nitrogens is 1. The molecule has 3 rings (SSSR count). The quantitative estimate of drug-likeness (QED) is 0.926. The zero-order valence-electron chi connectivity index (χ0n) is 10.7. The van der Waals surface area contributed by atoms with Gasteiger partial charge in [-0.25, -0.2) is 8.42 Å². The number of sulfonamides is 1. The fourth-order valence-electron chi connectivity index (χ4n) is 2.09. The monoisotopic (exact) mass is 287 g/mol. The molecule has 0 amide bonds. The molecule has 1 aliphatic heterocycles. The summed E-state index contributed by atoms with van der Waals surface area (Å²) in [6, 6.07) is 10.7.